The first-order valence-electron chi connectivity index (χ1n) is 4.78. The van der Waals surface area contributed by atoms with E-state index in [1.807, 2.05) is 20.8 Å². The molecule has 0 spiro atoms. The normalized spacial score (nSPS) is 10.9. The van der Waals surface area contributed by atoms with Crippen molar-refractivity contribution in [2.24, 2.45) is 5.41 Å². The molecule has 0 fully saturated rings. The minimum Gasteiger partial charge on any atom is -0.310 e. The van der Waals surface area contributed by atoms with Gasteiger partial charge in [-0.3, -0.25) is 10.2 Å². The van der Waals surface area contributed by atoms with Gasteiger partial charge in [-0.2, -0.15) is 0 Å². The van der Waals surface area contributed by atoms with Gasteiger partial charge in [-0.05, 0) is 6.07 Å². The summed E-state index contributed by atoms with van der Waals surface area (Å²) < 4.78 is 0. The number of benzene rings is 1. The van der Waals surface area contributed by atoms with Crippen LogP contribution in [0.25, 0.3) is 0 Å². The van der Waals surface area contributed by atoms with Crippen LogP contribution in [0.1, 0.15) is 26.3 Å². The zero-order chi connectivity index (χ0) is 11.5. The second kappa shape index (κ2) is 4.26. The first-order chi connectivity index (χ1) is 6.91. The molecule has 0 aliphatic rings. The summed E-state index contributed by atoms with van der Waals surface area (Å²) in [6.45, 7) is 5.44. The fraction of sp³-hybridized carbons (Fsp3) is 0.333. The van der Waals surface area contributed by atoms with E-state index in [1.54, 1.807) is 24.3 Å². The Morgan fingerprint density at radius 3 is 2.33 bits per heavy atom. The summed E-state index contributed by atoms with van der Waals surface area (Å²) >= 11 is 0. The Balaban J connectivity index is 2.70. The summed E-state index contributed by atoms with van der Waals surface area (Å²) in [7, 11) is 0. The lowest BCUT2D eigenvalue weighted by molar-refractivity contribution is -0.126. The third kappa shape index (κ3) is 3.20. The van der Waals surface area contributed by atoms with E-state index in [2.05, 4.69) is 11.4 Å². The van der Waals surface area contributed by atoms with Gasteiger partial charge in [0.25, 0.3) is 0 Å². The molecule has 0 unspecified atom stereocenters. The van der Waals surface area contributed by atoms with Gasteiger partial charge in [0.1, 0.15) is 5.84 Å². The van der Waals surface area contributed by atoms with E-state index in [1.165, 1.54) is 0 Å². The summed E-state index contributed by atoms with van der Waals surface area (Å²) in [5.74, 6) is -0.0238. The summed E-state index contributed by atoms with van der Waals surface area (Å²) in [5.41, 5.74) is 0.207. The van der Waals surface area contributed by atoms with Crippen LogP contribution < -0.4 is 5.32 Å². The van der Waals surface area contributed by atoms with Gasteiger partial charge in [0.2, 0.25) is 5.91 Å². The molecule has 1 aromatic carbocycles. The molecule has 0 aliphatic heterocycles. The van der Waals surface area contributed by atoms with Crippen LogP contribution in [0.5, 0.6) is 0 Å². The largest absolute Gasteiger partial charge is 0.310 e. The topological polar surface area (TPSA) is 53.0 Å². The van der Waals surface area contributed by atoms with Gasteiger partial charge in [0.05, 0.1) is 0 Å². The predicted octanol–water partition coefficient (Wildman–Crippen LogP) is 1.97. The second-order valence-corrected chi connectivity index (χ2v) is 4.37. The summed E-state index contributed by atoms with van der Waals surface area (Å²) in [6.07, 6.45) is 0. The van der Waals surface area contributed by atoms with Gasteiger partial charge in [-0.1, -0.05) is 45.0 Å². The molecule has 0 aromatic heterocycles. The minimum atomic E-state index is -0.479. The highest BCUT2D eigenvalue weighted by Gasteiger charge is 2.22. The number of rotatable bonds is 1. The molecule has 3 nitrogen and oxygen atoms in total. The number of nitrogens with one attached hydrogen (secondary N) is 2. The molecule has 3 heteroatoms. The Morgan fingerprint density at radius 1 is 1.33 bits per heavy atom. The van der Waals surface area contributed by atoms with E-state index in [0.717, 1.165) is 0 Å². The van der Waals surface area contributed by atoms with Crippen molar-refractivity contribution in [3.8, 4) is 0 Å². The minimum absolute atomic E-state index is 0.129. The predicted molar refractivity (Wildman–Crippen MR) is 59.7 cm³/mol. The Kier molecular flexibility index (Phi) is 3.24. The maximum absolute atomic E-state index is 11.6. The van der Waals surface area contributed by atoms with Gasteiger partial charge < -0.3 is 5.32 Å². The molecule has 1 aromatic rings. The van der Waals surface area contributed by atoms with Gasteiger partial charge in [0, 0.05) is 11.0 Å². The Hall–Kier alpha value is -1.64. The van der Waals surface area contributed by atoms with Crippen LogP contribution in [0.2, 0.25) is 0 Å². The number of carbonyl (C=O) groups is 1. The maximum Gasteiger partial charge on any atom is 0.230 e. The van der Waals surface area contributed by atoms with Crippen LogP contribution in [-0.4, -0.2) is 11.7 Å². The monoisotopic (exact) mass is 203 g/mol. The fourth-order valence-electron chi connectivity index (χ4n) is 0.927. The lowest BCUT2D eigenvalue weighted by Crippen LogP contribution is -2.38. The van der Waals surface area contributed by atoms with Crippen LogP contribution in [0.3, 0.4) is 0 Å². The van der Waals surface area contributed by atoms with E-state index in [9.17, 15) is 4.79 Å². The van der Waals surface area contributed by atoms with Crippen LogP contribution in [-0.2, 0) is 4.79 Å². The molecule has 0 saturated heterocycles. The standard InChI is InChI=1S/C12H15N2O/c1-12(2,3)11(15)14-10(13)9-7-5-4-6-8-9/h5-8H,1-3H3,(H2,13,14,15). The van der Waals surface area contributed by atoms with E-state index in [0.29, 0.717) is 5.56 Å². The van der Waals surface area contributed by atoms with Crippen molar-refractivity contribution in [2.45, 2.75) is 20.8 Å². The van der Waals surface area contributed by atoms with Crippen molar-refractivity contribution in [2.75, 3.05) is 0 Å². The smallest absolute Gasteiger partial charge is 0.230 e. The molecule has 15 heavy (non-hydrogen) atoms. The highest BCUT2D eigenvalue weighted by atomic mass is 16.2. The summed E-state index contributed by atoms with van der Waals surface area (Å²) in [6, 6.07) is 9.78. The molecular weight excluding hydrogens is 188 g/mol. The van der Waals surface area contributed by atoms with Crippen molar-refractivity contribution >= 4 is 11.7 Å². The van der Waals surface area contributed by atoms with Gasteiger partial charge in [0.15, 0.2) is 0 Å². The Morgan fingerprint density at radius 2 is 1.87 bits per heavy atom. The van der Waals surface area contributed by atoms with Crippen LogP contribution in [0.15, 0.2) is 24.3 Å². The first-order valence-corrected chi connectivity index (χ1v) is 4.78. The van der Waals surface area contributed by atoms with E-state index in [-0.39, 0.29) is 11.7 Å². The number of amides is 1. The molecule has 2 N–H and O–H groups in total. The lowest BCUT2D eigenvalue weighted by Gasteiger charge is -2.17. The third-order valence-electron chi connectivity index (χ3n) is 1.93. The molecule has 79 valence electrons. The molecule has 0 saturated carbocycles. The summed E-state index contributed by atoms with van der Waals surface area (Å²) in [5, 5.41) is 10.3. The quantitative estimate of drug-likeness (QED) is 0.532. The molecule has 0 aliphatic carbocycles. The van der Waals surface area contributed by atoms with Crippen molar-refractivity contribution in [1.82, 2.24) is 5.32 Å². The highest BCUT2D eigenvalue weighted by molar-refractivity contribution is 6.07. The Labute approximate surface area is 90.0 Å². The van der Waals surface area contributed by atoms with E-state index >= 15 is 0 Å². The molecule has 1 radical (unpaired) electrons. The van der Waals surface area contributed by atoms with Crippen molar-refractivity contribution in [3.63, 3.8) is 0 Å². The number of carbonyl (C=O) groups excluding carboxylic acids is 1. The van der Waals surface area contributed by atoms with Gasteiger partial charge in [-0.25, -0.2) is 0 Å². The van der Waals surface area contributed by atoms with Gasteiger partial charge in [-0.15, -0.1) is 0 Å². The SMILES string of the molecule is CC(C)(C)C(=O)NC(=N)c1cc[c]cc1. The molecule has 0 heterocycles. The van der Waals surface area contributed by atoms with Crippen LogP contribution >= 0.6 is 0 Å². The fourth-order valence-corrected chi connectivity index (χ4v) is 0.927. The van der Waals surface area contributed by atoms with E-state index in [4.69, 9.17) is 5.41 Å². The van der Waals surface area contributed by atoms with Crippen LogP contribution in [0, 0.1) is 16.9 Å². The second-order valence-electron chi connectivity index (χ2n) is 4.37. The Bertz CT molecular complexity index is 363. The first kappa shape index (κ1) is 11.4. The van der Waals surface area contributed by atoms with E-state index < -0.39 is 5.41 Å². The third-order valence-corrected chi connectivity index (χ3v) is 1.93. The zero-order valence-electron chi connectivity index (χ0n) is 9.22. The van der Waals surface area contributed by atoms with Crippen LogP contribution in [0.4, 0.5) is 0 Å². The van der Waals surface area contributed by atoms with Crippen molar-refractivity contribution < 1.29 is 4.79 Å². The number of amidine groups is 1. The lowest BCUT2D eigenvalue weighted by atomic mass is 9.95. The molecular formula is C12H15N2O. The highest BCUT2D eigenvalue weighted by Crippen LogP contribution is 2.12. The zero-order valence-corrected chi connectivity index (χ0v) is 9.22. The molecule has 0 atom stereocenters. The van der Waals surface area contributed by atoms with Crippen molar-refractivity contribution in [3.05, 3.63) is 35.9 Å². The average molecular weight is 203 g/mol. The number of hydrogen-bond donors (Lipinski definition) is 2. The number of hydrogen-bond acceptors (Lipinski definition) is 2. The van der Waals surface area contributed by atoms with Gasteiger partial charge >= 0.3 is 0 Å². The molecule has 1 rings (SSSR count). The average Bonchev–Trinajstić information content (AvgIpc) is 2.17. The molecule has 1 amide bonds. The summed E-state index contributed by atoms with van der Waals surface area (Å²) in [4.78, 5) is 11.6. The van der Waals surface area contributed by atoms with Crippen molar-refractivity contribution in [1.29, 1.82) is 5.41 Å². The molecule has 0 bridgehead atoms. The maximum atomic E-state index is 11.6.